The van der Waals surface area contributed by atoms with Gasteiger partial charge in [0.2, 0.25) is 15.9 Å². The standard InChI is InChI=1S/C27H33ClN4O7S/c1-3-30(4-2)40(38,39)19-9-10-23(25(17-19)32(36)37)29-15-13-18(14-16-29)26(33)31-22(11-12-24(31)27(34)35)20-7-5-6-8-21(20)28/h5-10,17-18,22,24H,3-4,11-16H2,1-2H3,(H,34,35)/t22?,24-/m0/s1. The zero-order chi connectivity index (χ0) is 29.2. The number of anilines is 1. The van der Waals surface area contributed by atoms with E-state index in [1.54, 1.807) is 30.9 Å². The maximum Gasteiger partial charge on any atom is 0.326 e. The molecule has 0 spiro atoms. The van der Waals surface area contributed by atoms with Crippen molar-refractivity contribution in [3.8, 4) is 0 Å². The molecule has 2 aliphatic rings. The summed E-state index contributed by atoms with van der Waals surface area (Å²) >= 11 is 6.40. The van der Waals surface area contributed by atoms with E-state index in [-0.39, 0.29) is 35.3 Å². The lowest BCUT2D eigenvalue weighted by atomic mass is 9.93. The van der Waals surface area contributed by atoms with Gasteiger partial charge in [-0.1, -0.05) is 43.6 Å². The summed E-state index contributed by atoms with van der Waals surface area (Å²) in [6.07, 6.45) is 1.55. The quantitative estimate of drug-likeness (QED) is 0.335. The normalized spacial score (nSPS) is 20.2. The molecular formula is C27H33ClN4O7S. The molecule has 0 aliphatic carbocycles. The molecule has 13 heteroatoms. The van der Waals surface area contributed by atoms with Crippen LogP contribution in [0.3, 0.4) is 0 Å². The number of hydrogen-bond acceptors (Lipinski definition) is 7. The first-order valence-electron chi connectivity index (χ1n) is 13.3. The summed E-state index contributed by atoms with van der Waals surface area (Å²) in [4.78, 5) is 40.2. The van der Waals surface area contributed by atoms with Crippen molar-refractivity contribution in [3.05, 3.63) is 63.2 Å². The molecule has 2 atom stereocenters. The van der Waals surface area contributed by atoms with Crippen molar-refractivity contribution in [1.29, 1.82) is 0 Å². The van der Waals surface area contributed by atoms with Gasteiger partial charge in [-0.05, 0) is 49.4 Å². The number of nitro benzene ring substituents is 1. The van der Waals surface area contributed by atoms with Gasteiger partial charge in [-0.2, -0.15) is 4.31 Å². The van der Waals surface area contributed by atoms with E-state index in [4.69, 9.17) is 11.6 Å². The van der Waals surface area contributed by atoms with E-state index in [0.717, 1.165) is 6.07 Å². The van der Waals surface area contributed by atoms with E-state index in [2.05, 4.69) is 0 Å². The van der Waals surface area contributed by atoms with E-state index >= 15 is 0 Å². The van der Waals surface area contributed by atoms with Gasteiger partial charge < -0.3 is 14.9 Å². The van der Waals surface area contributed by atoms with Crippen LogP contribution in [0.4, 0.5) is 11.4 Å². The number of likely N-dealkylation sites (tertiary alicyclic amines) is 1. The highest BCUT2D eigenvalue weighted by molar-refractivity contribution is 7.89. The van der Waals surface area contributed by atoms with Crippen LogP contribution < -0.4 is 4.90 Å². The maximum absolute atomic E-state index is 13.7. The lowest BCUT2D eigenvalue weighted by molar-refractivity contribution is -0.384. The van der Waals surface area contributed by atoms with Gasteiger partial charge in [0, 0.05) is 43.2 Å². The Kier molecular flexibility index (Phi) is 9.01. The number of nitro groups is 1. The molecule has 40 heavy (non-hydrogen) atoms. The average Bonchev–Trinajstić information content (AvgIpc) is 3.38. The number of rotatable bonds is 9. The second kappa shape index (κ2) is 12.1. The number of carboxylic acid groups (broad SMARTS) is 1. The van der Waals surface area contributed by atoms with Crippen molar-refractivity contribution in [3.63, 3.8) is 0 Å². The first-order chi connectivity index (χ1) is 19.0. The molecule has 0 aromatic heterocycles. The molecule has 0 radical (unpaired) electrons. The van der Waals surface area contributed by atoms with Crippen LogP contribution >= 0.6 is 11.6 Å². The molecule has 1 unspecified atom stereocenters. The van der Waals surface area contributed by atoms with Gasteiger partial charge in [0.05, 0.1) is 15.9 Å². The molecule has 2 aromatic carbocycles. The van der Waals surface area contributed by atoms with E-state index in [0.29, 0.717) is 49.4 Å². The number of nitrogens with zero attached hydrogens (tertiary/aromatic N) is 4. The fraction of sp³-hybridized carbons (Fsp3) is 0.481. The number of piperidine rings is 1. The van der Waals surface area contributed by atoms with Crippen LogP contribution in [0.2, 0.25) is 5.02 Å². The fourth-order valence-electron chi connectivity index (χ4n) is 5.78. The Balaban J connectivity index is 1.54. The van der Waals surface area contributed by atoms with Gasteiger partial charge in [-0.15, -0.1) is 0 Å². The van der Waals surface area contributed by atoms with Crippen molar-refractivity contribution >= 4 is 44.9 Å². The zero-order valence-electron chi connectivity index (χ0n) is 22.4. The van der Waals surface area contributed by atoms with E-state index in [1.165, 1.54) is 21.3 Å². The summed E-state index contributed by atoms with van der Waals surface area (Å²) < 4.78 is 27.1. The van der Waals surface area contributed by atoms with Crippen molar-refractivity contribution in [2.24, 2.45) is 5.92 Å². The van der Waals surface area contributed by atoms with E-state index in [9.17, 15) is 33.2 Å². The second-order valence-electron chi connectivity index (χ2n) is 9.97. The number of benzene rings is 2. The van der Waals surface area contributed by atoms with Crippen molar-refractivity contribution in [1.82, 2.24) is 9.21 Å². The molecular weight excluding hydrogens is 560 g/mol. The molecule has 2 aromatic rings. The summed E-state index contributed by atoms with van der Waals surface area (Å²) in [5.41, 5.74) is 0.685. The average molecular weight is 593 g/mol. The highest BCUT2D eigenvalue weighted by atomic mass is 35.5. The molecule has 216 valence electrons. The first kappa shape index (κ1) is 29.8. The minimum Gasteiger partial charge on any atom is -0.480 e. The highest BCUT2D eigenvalue weighted by Gasteiger charge is 2.45. The Labute approximate surface area is 238 Å². The Morgan fingerprint density at radius 1 is 1.07 bits per heavy atom. The Morgan fingerprint density at radius 3 is 2.30 bits per heavy atom. The minimum atomic E-state index is -3.87. The minimum absolute atomic E-state index is 0.143. The maximum atomic E-state index is 13.7. The van der Waals surface area contributed by atoms with Crippen molar-refractivity contribution < 1.29 is 28.0 Å². The summed E-state index contributed by atoms with van der Waals surface area (Å²) in [7, 11) is -3.87. The zero-order valence-corrected chi connectivity index (χ0v) is 24.0. The summed E-state index contributed by atoms with van der Waals surface area (Å²) in [5, 5.41) is 22.3. The number of aliphatic carboxylic acids is 1. The molecule has 0 saturated carbocycles. The van der Waals surface area contributed by atoms with Crippen molar-refractivity contribution in [2.45, 2.75) is 56.5 Å². The first-order valence-corrected chi connectivity index (χ1v) is 15.2. The molecule has 2 heterocycles. The molecule has 0 bridgehead atoms. The summed E-state index contributed by atoms with van der Waals surface area (Å²) in [6.45, 7) is 4.53. The van der Waals surface area contributed by atoms with Crippen LogP contribution in [-0.2, 0) is 19.6 Å². The van der Waals surface area contributed by atoms with Gasteiger partial charge in [0.15, 0.2) is 0 Å². The molecule has 11 nitrogen and oxygen atoms in total. The topological polar surface area (TPSA) is 141 Å². The third-order valence-corrected chi connectivity index (χ3v) is 10.3. The molecule has 1 N–H and O–H groups in total. The Bertz CT molecular complexity index is 1390. The predicted molar refractivity (Wildman–Crippen MR) is 150 cm³/mol. The SMILES string of the molecule is CCN(CC)S(=O)(=O)c1ccc(N2CCC(C(=O)N3C(c4ccccc4Cl)CC[C@H]3C(=O)O)CC2)c([N+](=O)[O-])c1. The van der Waals surface area contributed by atoms with Crippen LogP contribution in [0.5, 0.6) is 0 Å². The largest absolute Gasteiger partial charge is 0.480 e. The van der Waals surface area contributed by atoms with Crippen LogP contribution in [0.15, 0.2) is 47.4 Å². The number of carbonyl (C=O) groups is 2. The predicted octanol–water partition coefficient (Wildman–Crippen LogP) is 4.31. The number of carbonyl (C=O) groups excluding carboxylic acids is 1. The van der Waals surface area contributed by atoms with Gasteiger partial charge in [0.25, 0.3) is 5.69 Å². The van der Waals surface area contributed by atoms with Gasteiger partial charge in [0.1, 0.15) is 11.7 Å². The molecule has 1 amide bonds. The van der Waals surface area contributed by atoms with Gasteiger partial charge >= 0.3 is 5.97 Å². The van der Waals surface area contributed by atoms with Crippen LogP contribution in [0.1, 0.15) is 51.1 Å². The second-order valence-corrected chi connectivity index (χ2v) is 12.3. The van der Waals surface area contributed by atoms with Gasteiger partial charge in [-0.25, -0.2) is 13.2 Å². The number of carboxylic acids is 1. The van der Waals surface area contributed by atoms with E-state index in [1.807, 2.05) is 12.1 Å². The number of halogens is 1. The Morgan fingerprint density at radius 2 is 1.73 bits per heavy atom. The number of hydrogen-bond donors (Lipinski definition) is 1. The van der Waals surface area contributed by atoms with Crippen LogP contribution in [0.25, 0.3) is 0 Å². The van der Waals surface area contributed by atoms with Gasteiger partial charge in [-0.3, -0.25) is 14.9 Å². The van der Waals surface area contributed by atoms with Crippen LogP contribution in [-0.4, -0.2) is 71.8 Å². The molecule has 2 aliphatic heterocycles. The Hall–Kier alpha value is -3.22. The monoisotopic (exact) mass is 592 g/mol. The fourth-order valence-corrected chi connectivity index (χ4v) is 7.52. The van der Waals surface area contributed by atoms with E-state index < -0.39 is 38.9 Å². The third-order valence-electron chi connectivity index (χ3n) is 7.86. The summed E-state index contributed by atoms with van der Waals surface area (Å²) in [5.74, 6) is -1.78. The lowest BCUT2D eigenvalue weighted by Crippen LogP contribution is -2.47. The number of sulfonamides is 1. The molecule has 2 fully saturated rings. The summed E-state index contributed by atoms with van der Waals surface area (Å²) in [6, 6.07) is 9.64. The number of amides is 1. The molecule has 2 saturated heterocycles. The highest BCUT2D eigenvalue weighted by Crippen LogP contribution is 2.41. The smallest absolute Gasteiger partial charge is 0.326 e. The van der Waals surface area contributed by atoms with Crippen LogP contribution in [0, 0.1) is 16.0 Å². The lowest BCUT2D eigenvalue weighted by Gasteiger charge is -2.37. The molecule has 4 rings (SSSR count). The third kappa shape index (κ3) is 5.65. The van der Waals surface area contributed by atoms with Crippen molar-refractivity contribution in [2.75, 3.05) is 31.1 Å².